The molecule has 0 saturated carbocycles. The first-order valence-corrected chi connectivity index (χ1v) is 8.25. The molecule has 0 radical (unpaired) electrons. The molecule has 5 heteroatoms. The summed E-state index contributed by atoms with van der Waals surface area (Å²) in [6.07, 6.45) is 0. The average Bonchev–Trinajstić information content (AvgIpc) is 2.98. The van der Waals surface area contributed by atoms with Crippen molar-refractivity contribution in [2.75, 3.05) is 0 Å². The van der Waals surface area contributed by atoms with Gasteiger partial charge < -0.3 is 9.40 Å². The van der Waals surface area contributed by atoms with Gasteiger partial charge in [-0.2, -0.15) is 0 Å². The molecular weight excluding hydrogens is 320 g/mol. The fourth-order valence-corrected chi connectivity index (χ4v) is 3.30. The third-order valence-corrected chi connectivity index (χ3v) is 4.66. The van der Waals surface area contributed by atoms with Crippen LogP contribution >= 0.6 is 12.2 Å². The number of furan rings is 1. The van der Waals surface area contributed by atoms with Crippen LogP contribution in [0.25, 0.3) is 22.1 Å². The summed E-state index contributed by atoms with van der Waals surface area (Å²) in [6.45, 7) is 2.59. The van der Waals surface area contributed by atoms with E-state index in [1.807, 2.05) is 42.5 Å². The van der Waals surface area contributed by atoms with Gasteiger partial charge in [-0.25, -0.2) is 0 Å². The lowest BCUT2D eigenvalue weighted by molar-refractivity contribution is 0.558. The van der Waals surface area contributed by atoms with Crippen molar-refractivity contribution in [2.24, 2.45) is 0 Å². The zero-order valence-electron chi connectivity index (χ0n) is 13.2. The van der Waals surface area contributed by atoms with Gasteiger partial charge >= 0.3 is 0 Å². The van der Waals surface area contributed by atoms with E-state index >= 15 is 0 Å². The number of hydrogen-bond acceptors (Lipinski definition) is 3. The molecular formula is C19H16N2O2S. The topological polar surface area (TPSA) is 50.9 Å². The third kappa shape index (κ3) is 2.37. The van der Waals surface area contributed by atoms with Crippen molar-refractivity contribution < 1.29 is 4.42 Å². The zero-order valence-corrected chi connectivity index (χ0v) is 14.0. The first-order valence-electron chi connectivity index (χ1n) is 7.84. The van der Waals surface area contributed by atoms with E-state index in [1.165, 1.54) is 5.56 Å². The Kier molecular flexibility index (Phi) is 3.58. The fourth-order valence-electron chi connectivity index (χ4n) is 3.04. The van der Waals surface area contributed by atoms with Crippen molar-refractivity contribution in [3.8, 4) is 0 Å². The first-order chi connectivity index (χ1) is 11.6. The van der Waals surface area contributed by atoms with Crippen molar-refractivity contribution >= 4 is 34.3 Å². The minimum atomic E-state index is -0.187. The zero-order chi connectivity index (χ0) is 16.7. The highest BCUT2D eigenvalue weighted by Gasteiger charge is 2.15. The SMILES string of the molecule is C[C@@H](Cn1c(=S)[nH]c2c(oc3ccccc32)c1=O)c1ccccc1. The lowest BCUT2D eigenvalue weighted by Gasteiger charge is -2.13. The van der Waals surface area contributed by atoms with Crippen molar-refractivity contribution in [1.29, 1.82) is 0 Å². The predicted octanol–water partition coefficient (Wildman–Crippen LogP) is 4.61. The molecule has 0 unspecified atom stereocenters. The number of para-hydroxylation sites is 1. The van der Waals surface area contributed by atoms with Crippen LogP contribution in [0.5, 0.6) is 0 Å². The average molecular weight is 336 g/mol. The molecule has 0 spiro atoms. The molecule has 0 saturated heterocycles. The van der Waals surface area contributed by atoms with Crippen molar-refractivity contribution in [3.63, 3.8) is 0 Å². The Morgan fingerprint density at radius 1 is 1.12 bits per heavy atom. The molecule has 2 aromatic carbocycles. The maximum Gasteiger partial charge on any atom is 0.298 e. The quantitative estimate of drug-likeness (QED) is 0.556. The van der Waals surface area contributed by atoms with E-state index in [4.69, 9.17) is 16.6 Å². The normalized spacial score (nSPS) is 12.7. The number of H-pyrrole nitrogens is 1. The summed E-state index contributed by atoms with van der Waals surface area (Å²) in [5.74, 6) is 0.167. The number of aromatic amines is 1. The van der Waals surface area contributed by atoms with E-state index in [-0.39, 0.29) is 11.5 Å². The largest absolute Gasteiger partial charge is 0.449 e. The van der Waals surface area contributed by atoms with Crippen LogP contribution in [0.2, 0.25) is 0 Å². The molecule has 4 rings (SSSR count). The molecule has 0 aliphatic carbocycles. The molecule has 2 aromatic heterocycles. The van der Waals surface area contributed by atoms with E-state index < -0.39 is 0 Å². The number of benzene rings is 2. The maximum absolute atomic E-state index is 12.9. The van der Waals surface area contributed by atoms with Crippen LogP contribution in [-0.2, 0) is 6.54 Å². The Labute approximate surface area is 143 Å². The highest BCUT2D eigenvalue weighted by Crippen LogP contribution is 2.25. The minimum Gasteiger partial charge on any atom is -0.449 e. The highest BCUT2D eigenvalue weighted by molar-refractivity contribution is 7.71. The Balaban J connectivity index is 1.86. The highest BCUT2D eigenvalue weighted by atomic mass is 32.1. The van der Waals surface area contributed by atoms with Crippen molar-refractivity contribution in [2.45, 2.75) is 19.4 Å². The summed E-state index contributed by atoms with van der Waals surface area (Å²) >= 11 is 5.43. The number of aromatic nitrogens is 2. The molecule has 2 heterocycles. The minimum absolute atomic E-state index is 0.167. The van der Waals surface area contributed by atoms with E-state index in [2.05, 4.69) is 24.0 Å². The Morgan fingerprint density at radius 3 is 2.62 bits per heavy atom. The molecule has 4 nitrogen and oxygen atoms in total. The van der Waals surface area contributed by atoms with Crippen LogP contribution in [0.15, 0.2) is 63.8 Å². The second-order valence-electron chi connectivity index (χ2n) is 5.96. The van der Waals surface area contributed by atoms with Gasteiger partial charge in [0, 0.05) is 11.9 Å². The number of hydrogen-bond donors (Lipinski definition) is 1. The Hall–Kier alpha value is -2.66. The second kappa shape index (κ2) is 5.76. The molecule has 1 N–H and O–H groups in total. The van der Waals surface area contributed by atoms with Gasteiger partial charge in [0.2, 0.25) is 5.58 Å². The number of nitrogens with one attached hydrogen (secondary N) is 1. The van der Waals surface area contributed by atoms with Crippen LogP contribution in [0.3, 0.4) is 0 Å². The van der Waals surface area contributed by atoms with Gasteiger partial charge in [-0.05, 0) is 35.8 Å². The van der Waals surface area contributed by atoms with Crippen LogP contribution in [-0.4, -0.2) is 9.55 Å². The lowest BCUT2D eigenvalue weighted by Crippen LogP contribution is -2.24. The van der Waals surface area contributed by atoms with Crippen LogP contribution in [0.4, 0.5) is 0 Å². The van der Waals surface area contributed by atoms with Gasteiger partial charge in [0.05, 0.1) is 0 Å². The second-order valence-corrected chi connectivity index (χ2v) is 6.35. The van der Waals surface area contributed by atoms with Crippen LogP contribution < -0.4 is 5.56 Å². The van der Waals surface area contributed by atoms with E-state index in [9.17, 15) is 4.79 Å². The van der Waals surface area contributed by atoms with Gasteiger partial charge in [0.25, 0.3) is 5.56 Å². The Bertz CT molecular complexity index is 1140. The molecule has 0 fully saturated rings. The molecule has 120 valence electrons. The van der Waals surface area contributed by atoms with E-state index in [1.54, 1.807) is 4.57 Å². The number of rotatable bonds is 3. The molecule has 0 aliphatic heterocycles. The molecule has 0 aliphatic rings. The third-order valence-electron chi connectivity index (χ3n) is 4.34. The van der Waals surface area contributed by atoms with Gasteiger partial charge in [0.15, 0.2) is 4.77 Å². The fraction of sp³-hybridized carbons (Fsp3) is 0.158. The monoisotopic (exact) mass is 336 g/mol. The van der Waals surface area contributed by atoms with Crippen LogP contribution in [0.1, 0.15) is 18.4 Å². The predicted molar refractivity (Wildman–Crippen MR) is 98.0 cm³/mol. The van der Waals surface area contributed by atoms with E-state index in [0.29, 0.717) is 28.0 Å². The molecule has 1 atom stereocenters. The van der Waals surface area contributed by atoms with Gasteiger partial charge in [-0.15, -0.1) is 0 Å². The number of fused-ring (bicyclic) bond motifs is 3. The molecule has 0 bridgehead atoms. The van der Waals surface area contributed by atoms with E-state index in [0.717, 1.165) is 5.39 Å². The molecule has 0 amide bonds. The lowest BCUT2D eigenvalue weighted by atomic mass is 10.0. The molecule has 24 heavy (non-hydrogen) atoms. The van der Waals surface area contributed by atoms with Crippen LogP contribution in [0, 0.1) is 4.77 Å². The summed E-state index contributed by atoms with van der Waals surface area (Å²) < 4.78 is 7.75. The van der Waals surface area contributed by atoms with Crippen molar-refractivity contribution in [1.82, 2.24) is 9.55 Å². The number of nitrogens with zero attached hydrogens (tertiary/aromatic N) is 1. The van der Waals surface area contributed by atoms with Gasteiger partial charge in [-0.3, -0.25) is 9.36 Å². The van der Waals surface area contributed by atoms with Gasteiger partial charge in [-0.1, -0.05) is 49.4 Å². The summed E-state index contributed by atoms with van der Waals surface area (Å²) in [5.41, 5.74) is 2.66. The smallest absolute Gasteiger partial charge is 0.298 e. The first kappa shape index (κ1) is 14.9. The summed E-state index contributed by atoms with van der Waals surface area (Å²) in [6, 6.07) is 17.7. The standard InChI is InChI=1S/C19H16N2O2S/c1-12(13-7-3-2-4-8-13)11-21-18(22)17-16(20-19(21)24)14-9-5-6-10-15(14)23-17/h2-10,12H,11H2,1H3,(H,20,24)/t12-/m0/s1. The summed E-state index contributed by atoms with van der Waals surface area (Å²) in [5, 5.41) is 0.874. The molecule has 4 aromatic rings. The summed E-state index contributed by atoms with van der Waals surface area (Å²) in [4.78, 5) is 16.0. The summed E-state index contributed by atoms with van der Waals surface area (Å²) in [7, 11) is 0. The Morgan fingerprint density at radius 2 is 1.83 bits per heavy atom. The van der Waals surface area contributed by atoms with Crippen molar-refractivity contribution in [3.05, 3.63) is 75.3 Å². The van der Waals surface area contributed by atoms with Gasteiger partial charge in [0.1, 0.15) is 11.1 Å². The maximum atomic E-state index is 12.9.